The second-order valence-corrected chi connectivity index (χ2v) is 4.31. The third kappa shape index (κ3) is 3.40. The maximum atomic E-state index is 4.46. The van der Waals surface area contributed by atoms with E-state index in [9.17, 15) is 0 Å². The van der Waals surface area contributed by atoms with E-state index in [4.69, 9.17) is 0 Å². The van der Waals surface area contributed by atoms with Crippen molar-refractivity contribution >= 4 is 11.6 Å². The van der Waals surface area contributed by atoms with Crippen molar-refractivity contribution in [1.82, 2.24) is 15.0 Å². The van der Waals surface area contributed by atoms with Crippen LogP contribution >= 0.6 is 0 Å². The number of hydrogen-bond donors (Lipinski definition) is 2. The molecule has 0 unspecified atom stereocenters. The molecular formula is C14H19N5. The van der Waals surface area contributed by atoms with Crippen molar-refractivity contribution in [3.8, 4) is 0 Å². The van der Waals surface area contributed by atoms with Crippen LogP contribution in [-0.4, -0.2) is 22.0 Å². The number of nitrogens with one attached hydrogen (secondary N) is 2. The molecular weight excluding hydrogens is 238 g/mol. The topological polar surface area (TPSA) is 62.7 Å². The lowest BCUT2D eigenvalue weighted by Gasteiger charge is -2.10. The number of aromatic nitrogens is 3. The molecule has 0 aliphatic carbocycles. The van der Waals surface area contributed by atoms with E-state index >= 15 is 0 Å². The van der Waals surface area contributed by atoms with Gasteiger partial charge in [-0.2, -0.15) is 0 Å². The Kier molecular flexibility index (Phi) is 4.28. The number of pyridine rings is 1. The van der Waals surface area contributed by atoms with Crippen LogP contribution in [0.2, 0.25) is 0 Å². The van der Waals surface area contributed by atoms with Crippen LogP contribution in [0.1, 0.15) is 23.9 Å². The summed E-state index contributed by atoms with van der Waals surface area (Å²) in [6.07, 6.45) is 4.50. The Morgan fingerprint density at radius 1 is 1.21 bits per heavy atom. The molecule has 2 heterocycles. The van der Waals surface area contributed by atoms with Gasteiger partial charge in [-0.05, 0) is 24.1 Å². The van der Waals surface area contributed by atoms with E-state index in [1.165, 1.54) is 11.1 Å². The molecule has 2 N–H and O–H groups in total. The van der Waals surface area contributed by atoms with Gasteiger partial charge in [0.25, 0.3) is 0 Å². The summed E-state index contributed by atoms with van der Waals surface area (Å²) in [4.78, 5) is 13.0. The highest BCUT2D eigenvalue weighted by atomic mass is 15.1. The molecule has 2 aromatic rings. The second-order valence-electron chi connectivity index (χ2n) is 4.31. The van der Waals surface area contributed by atoms with E-state index in [1.54, 1.807) is 6.20 Å². The summed E-state index contributed by atoms with van der Waals surface area (Å²) in [5.41, 5.74) is 2.39. The monoisotopic (exact) mass is 257 g/mol. The number of aryl methyl sites for hydroxylation is 2. The molecule has 0 saturated carbocycles. The van der Waals surface area contributed by atoms with Crippen molar-refractivity contribution in [3.05, 3.63) is 41.5 Å². The van der Waals surface area contributed by atoms with Gasteiger partial charge in [0.1, 0.15) is 17.5 Å². The molecule has 5 nitrogen and oxygen atoms in total. The van der Waals surface area contributed by atoms with Crippen LogP contribution in [0.5, 0.6) is 0 Å². The van der Waals surface area contributed by atoms with E-state index in [2.05, 4.69) is 32.5 Å². The first-order valence-electron chi connectivity index (χ1n) is 6.42. The largest absolute Gasteiger partial charge is 0.373 e. The minimum atomic E-state index is 0.711. The van der Waals surface area contributed by atoms with Gasteiger partial charge in [-0.25, -0.2) is 9.97 Å². The van der Waals surface area contributed by atoms with Crippen molar-refractivity contribution in [2.45, 2.75) is 26.8 Å². The zero-order valence-corrected chi connectivity index (χ0v) is 11.6. The number of hydrogen-bond acceptors (Lipinski definition) is 5. The number of nitrogens with zero attached hydrogens (tertiary/aromatic N) is 3. The van der Waals surface area contributed by atoms with E-state index in [0.717, 1.165) is 23.9 Å². The van der Waals surface area contributed by atoms with Crippen LogP contribution in [0.4, 0.5) is 11.6 Å². The van der Waals surface area contributed by atoms with E-state index in [0.29, 0.717) is 6.54 Å². The summed E-state index contributed by atoms with van der Waals surface area (Å²) < 4.78 is 0. The van der Waals surface area contributed by atoms with E-state index < -0.39 is 0 Å². The summed E-state index contributed by atoms with van der Waals surface area (Å²) in [7, 11) is 1.86. The number of rotatable bonds is 5. The molecule has 5 heteroatoms. The molecule has 2 rings (SSSR count). The van der Waals surface area contributed by atoms with Gasteiger partial charge in [-0.3, -0.25) is 4.98 Å². The standard InChI is InChI=1S/C14H19N5/c1-4-12-18-13(15-3)7-14(19-12)17-9-11-8-16-6-5-10(11)2/h5-8H,4,9H2,1-3H3,(H2,15,17,18,19). The van der Waals surface area contributed by atoms with Gasteiger partial charge in [0.2, 0.25) is 0 Å². The first kappa shape index (κ1) is 13.3. The van der Waals surface area contributed by atoms with Crippen LogP contribution in [0.15, 0.2) is 24.5 Å². The molecule has 0 bridgehead atoms. The molecule has 0 amide bonds. The molecule has 0 radical (unpaired) electrons. The van der Waals surface area contributed by atoms with Gasteiger partial charge < -0.3 is 10.6 Å². The molecule has 0 fully saturated rings. The quantitative estimate of drug-likeness (QED) is 0.861. The second kappa shape index (κ2) is 6.13. The van der Waals surface area contributed by atoms with Crippen molar-refractivity contribution < 1.29 is 0 Å². The predicted octanol–water partition coefficient (Wildman–Crippen LogP) is 2.40. The maximum Gasteiger partial charge on any atom is 0.132 e. The Labute approximate surface area is 113 Å². The van der Waals surface area contributed by atoms with Crippen LogP contribution < -0.4 is 10.6 Å². The van der Waals surface area contributed by atoms with Gasteiger partial charge in [0, 0.05) is 38.5 Å². The average molecular weight is 257 g/mol. The fourth-order valence-corrected chi connectivity index (χ4v) is 1.74. The summed E-state index contributed by atoms with van der Waals surface area (Å²) >= 11 is 0. The van der Waals surface area contributed by atoms with E-state index in [-0.39, 0.29) is 0 Å². The van der Waals surface area contributed by atoms with Crippen LogP contribution in [0, 0.1) is 6.92 Å². The molecule has 19 heavy (non-hydrogen) atoms. The Morgan fingerprint density at radius 2 is 2.00 bits per heavy atom. The summed E-state index contributed by atoms with van der Waals surface area (Å²) in [6, 6.07) is 3.92. The Hall–Kier alpha value is -2.17. The van der Waals surface area contributed by atoms with E-state index in [1.807, 2.05) is 32.3 Å². The summed E-state index contributed by atoms with van der Waals surface area (Å²) in [6.45, 7) is 4.84. The third-order valence-electron chi connectivity index (χ3n) is 2.95. The Balaban J connectivity index is 2.13. The highest BCUT2D eigenvalue weighted by molar-refractivity contribution is 5.47. The highest BCUT2D eigenvalue weighted by Crippen LogP contribution is 2.13. The minimum Gasteiger partial charge on any atom is -0.373 e. The molecule has 0 atom stereocenters. The van der Waals surface area contributed by atoms with Crippen molar-refractivity contribution in [2.75, 3.05) is 17.7 Å². The summed E-state index contributed by atoms with van der Waals surface area (Å²) in [5, 5.41) is 6.37. The Bertz CT molecular complexity index is 531. The third-order valence-corrected chi connectivity index (χ3v) is 2.95. The van der Waals surface area contributed by atoms with Crippen LogP contribution in [-0.2, 0) is 13.0 Å². The SMILES string of the molecule is CCc1nc(NC)cc(NCc2cnccc2C)n1. The van der Waals surface area contributed by atoms with Gasteiger partial charge in [0.15, 0.2) is 0 Å². The molecule has 0 aliphatic rings. The zero-order chi connectivity index (χ0) is 13.7. The molecule has 0 saturated heterocycles. The summed E-state index contributed by atoms with van der Waals surface area (Å²) in [5.74, 6) is 2.49. The molecule has 0 spiro atoms. The van der Waals surface area contributed by atoms with Gasteiger partial charge in [-0.15, -0.1) is 0 Å². The maximum absolute atomic E-state index is 4.46. The van der Waals surface area contributed by atoms with Crippen LogP contribution in [0.25, 0.3) is 0 Å². The fraction of sp³-hybridized carbons (Fsp3) is 0.357. The zero-order valence-electron chi connectivity index (χ0n) is 11.6. The van der Waals surface area contributed by atoms with Gasteiger partial charge in [0.05, 0.1) is 0 Å². The van der Waals surface area contributed by atoms with Gasteiger partial charge in [-0.1, -0.05) is 6.92 Å². The van der Waals surface area contributed by atoms with Crippen molar-refractivity contribution in [1.29, 1.82) is 0 Å². The fourth-order valence-electron chi connectivity index (χ4n) is 1.74. The lowest BCUT2D eigenvalue weighted by atomic mass is 10.1. The number of anilines is 2. The molecule has 100 valence electrons. The molecule has 0 aromatic carbocycles. The van der Waals surface area contributed by atoms with Crippen molar-refractivity contribution in [2.24, 2.45) is 0 Å². The predicted molar refractivity (Wildman–Crippen MR) is 77.3 cm³/mol. The lowest BCUT2D eigenvalue weighted by Crippen LogP contribution is -2.07. The van der Waals surface area contributed by atoms with Gasteiger partial charge >= 0.3 is 0 Å². The smallest absolute Gasteiger partial charge is 0.132 e. The average Bonchev–Trinajstić information content (AvgIpc) is 2.46. The Morgan fingerprint density at radius 3 is 2.68 bits per heavy atom. The van der Waals surface area contributed by atoms with Crippen molar-refractivity contribution in [3.63, 3.8) is 0 Å². The lowest BCUT2D eigenvalue weighted by molar-refractivity contribution is 0.932. The normalized spacial score (nSPS) is 10.3. The minimum absolute atomic E-state index is 0.711. The van der Waals surface area contributed by atoms with Crippen LogP contribution in [0.3, 0.4) is 0 Å². The molecule has 0 aliphatic heterocycles. The first-order valence-corrected chi connectivity index (χ1v) is 6.42. The first-order chi connectivity index (χ1) is 9.22. The highest BCUT2D eigenvalue weighted by Gasteiger charge is 2.03. The molecule has 2 aromatic heterocycles.